The molecule has 0 aromatic heterocycles. The highest BCUT2D eigenvalue weighted by Crippen LogP contribution is 2.49. The first-order chi connectivity index (χ1) is 9.05. The van der Waals surface area contributed by atoms with Crippen molar-refractivity contribution in [3.05, 3.63) is 0 Å². The van der Waals surface area contributed by atoms with Crippen molar-refractivity contribution in [2.75, 3.05) is 26.2 Å². The van der Waals surface area contributed by atoms with Gasteiger partial charge in [-0.2, -0.15) is 26.3 Å². The van der Waals surface area contributed by atoms with Crippen LogP contribution in [-0.2, 0) is 0 Å². The molecule has 1 fully saturated rings. The summed E-state index contributed by atoms with van der Waals surface area (Å²) in [5.74, 6) is -17.7. The molecule has 1 aliphatic heterocycles. The van der Waals surface area contributed by atoms with Gasteiger partial charge in [-0.25, -0.2) is 8.78 Å². The molecule has 1 saturated heterocycles. The summed E-state index contributed by atoms with van der Waals surface area (Å²) in [7, 11) is 0. The first-order valence-corrected chi connectivity index (χ1v) is 5.64. The minimum absolute atomic E-state index is 0.144. The van der Waals surface area contributed by atoms with Crippen LogP contribution in [0.2, 0.25) is 0 Å². The number of alkyl halides is 8. The summed E-state index contributed by atoms with van der Waals surface area (Å²) in [6, 6.07) is 0. The minimum Gasteiger partial charge on any atom is -0.314 e. The predicted molar refractivity (Wildman–Crippen MR) is 53.5 cm³/mol. The molecule has 20 heavy (non-hydrogen) atoms. The first-order valence-electron chi connectivity index (χ1n) is 5.64. The zero-order valence-electron chi connectivity index (χ0n) is 10.0. The third-order valence-corrected chi connectivity index (χ3v) is 2.77. The molecule has 0 bridgehead atoms. The van der Waals surface area contributed by atoms with Gasteiger partial charge in [0.1, 0.15) is 6.17 Å². The molecule has 3 nitrogen and oxygen atoms in total. The topological polar surface area (TPSA) is 36.1 Å². The summed E-state index contributed by atoms with van der Waals surface area (Å²) in [4.78, 5) is 0. The molecule has 0 aromatic carbocycles. The van der Waals surface area contributed by atoms with E-state index in [1.54, 1.807) is 0 Å². The van der Waals surface area contributed by atoms with E-state index in [0.29, 0.717) is 0 Å². The Morgan fingerprint density at radius 3 is 1.65 bits per heavy atom. The third kappa shape index (κ3) is 2.98. The molecule has 120 valence electrons. The van der Waals surface area contributed by atoms with Gasteiger partial charge in [0.05, 0.1) is 0 Å². The van der Waals surface area contributed by atoms with Crippen molar-refractivity contribution in [1.82, 2.24) is 16.0 Å². The second-order valence-corrected chi connectivity index (χ2v) is 4.21. The predicted octanol–water partition coefficient (Wildman–Crippen LogP) is 1.27. The van der Waals surface area contributed by atoms with Crippen LogP contribution in [0.15, 0.2) is 0 Å². The van der Waals surface area contributed by atoms with E-state index in [9.17, 15) is 35.1 Å². The standard InChI is InChI=1S/C9H13F8N3/c10-5(11)7(12,13)9(16,17)8(14,15)6-19-3-1-18-2-4-20-6/h5-6,18-20H,1-4H2. The van der Waals surface area contributed by atoms with Crippen LogP contribution in [0, 0.1) is 0 Å². The number of rotatable bonds is 4. The van der Waals surface area contributed by atoms with Crippen LogP contribution in [0.25, 0.3) is 0 Å². The van der Waals surface area contributed by atoms with Crippen LogP contribution in [0.3, 0.4) is 0 Å². The zero-order chi connectivity index (χ0) is 15.6. The van der Waals surface area contributed by atoms with E-state index in [0.717, 1.165) is 0 Å². The fourth-order valence-electron chi connectivity index (χ4n) is 1.60. The van der Waals surface area contributed by atoms with E-state index in [-0.39, 0.29) is 26.2 Å². The van der Waals surface area contributed by atoms with E-state index < -0.39 is 30.4 Å². The Hall–Kier alpha value is -0.680. The molecule has 0 spiro atoms. The molecule has 3 N–H and O–H groups in total. The molecule has 0 aliphatic carbocycles. The lowest BCUT2D eigenvalue weighted by Crippen LogP contribution is -2.69. The Balaban J connectivity index is 2.99. The van der Waals surface area contributed by atoms with Crippen molar-refractivity contribution < 1.29 is 35.1 Å². The Kier molecular flexibility index (Phi) is 5.19. The maximum absolute atomic E-state index is 13.5. The van der Waals surface area contributed by atoms with E-state index >= 15 is 0 Å². The fourth-order valence-corrected chi connectivity index (χ4v) is 1.60. The Morgan fingerprint density at radius 1 is 0.800 bits per heavy atom. The molecule has 0 saturated carbocycles. The van der Waals surface area contributed by atoms with Crippen LogP contribution >= 0.6 is 0 Å². The molecule has 11 heteroatoms. The van der Waals surface area contributed by atoms with E-state index in [1.807, 2.05) is 10.6 Å². The van der Waals surface area contributed by atoms with E-state index in [1.165, 1.54) is 0 Å². The lowest BCUT2D eigenvalue weighted by atomic mass is 10.0. The summed E-state index contributed by atoms with van der Waals surface area (Å²) >= 11 is 0. The molecular weight excluding hydrogens is 302 g/mol. The molecular formula is C9H13F8N3. The van der Waals surface area contributed by atoms with Gasteiger partial charge < -0.3 is 5.32 Å². The summed E-state index contributed by atoms with van der Waals surface area (Å²) in [6.45, 7) is -0.149. The van der Waals surface area contributed by atoms with Crippen LogP contribution in [-0.4, -0.2) is 56.5 Å². The number of hydrogen-bond acceptors (Lipinski definition) is 3. The Bertz CT molecular complexity index is 314. The smallest absolute Gasteiger partial charge is 0.314 e. The SMILES string of the molecule is FC(F)C(F)(F)C(F)(F)C(F)(F)C1NCCNCCN1. The lowest BCUT2D eigenvalue weighted by molar-refractivity contribution is -0.346. The molecule has 0 amide bonds. The van der Waals surface area contributed by atoms with Crippen molar-refractivity contribution >= 4 is 0 Å². The minimum atomic E-state index is -6.20. The first kappa shape index (κ1) is 17.4. The summed E-state index contributed by atoms with van der Waals surface area (Å²) < 4.78 is 103. The van der Waals surface area contributed by atoms with Gasteiger partial charge in [0.25, 0.3) is 0 Å². The Labute approximate surface area is 109 Å². The monoisotopic (exact) mass is 315 g/mol. The largest absolute Gasteiger partial charge is 0.380 e. The highest BCUT2D eigenvalue weighted by molar-refractivity contribution is 5.03. The highest BCUT2D eigenvalue weighted by Gasteiger charge is 2.77. The van der Waals surface area contributed by atoms with Crippen molar-refractivity contribution in [1.29, 1.82) is 0 Å². The van der Waals surface area contributed by atoms with Crippen molar-refractivity contribution in [2.24, 2.45) is 0 Å². The molecule has 0 atom stereocenters. The van der Waals surface area contributed by atoms with Gasteiger partial charge in [0.15, 0.2) is 0 Å². The molecule has 0 aromatic rings. The van der Waals surface area contributed by atoms with Gasteiger partial charge in [-0.1, -0.05) is 0 Å². The summed E-state index contributed by atoms with van der Waals surface area (Å²) in [5.41, 5.74) is 0. The van der Waals surface area contributed by atoms with E-state index in [4.69, 9.17) is 0 Å². The summed E-state index contributed by atoms with van der Waals surface area (Å²) in [6.07, 6.45) is -7.44. The normalized spacial score (nSPS) is 20.9. The zero-order valence-corrected chi connectivity index (χ0v) is 10.0. The van der Waals surface area contributed by atoms with Crippen molar-refractivity contribution in [2.45, 2.75) is 30.4 Å². The second-order valence-electron chi connectivity index (χ2n) is 4.21. The second kappa shape index (κ2) is 5.98. The van der Waals surface area contributed by atoms with Crippen LogP contribution in [0.4, 0.5) is 35.1 Å². The van der Waals surface area contributed by atoms with Gasteiger partial charge in [-0.15, -0.1) is 0 Å². The van der Waals surface area contributed by atoms with Crippen LogP contribution < -0.4 is 16.0 Å². The molecule has 1 heterocycles. The van der Waals surface area contributed by atoms with Crippen molar-refractivity contribution in [3.63, 3.8) is 0 Å². The van der Waals surface area contributed by atoms with Crippen LogP contribution in [0.5, 0.6) is 0 Å². The van der Waals surface area contributed by atoms with Crippen LogP contribution in [0.1, 0.15) is 0 Å². The lowest BCUT2D eigenvalue weighted by Gasteiger charge is -2.38. The molecule has 0 radical (unpaired) electrons. The molecule has 1 aliphatic rings. The van der Waals surface area contributed by atoms with Gasteiger partial charge in [0, 0.05) is 26.2 Å². The summed E-state index contributed by atoms with van der Waals surface area (Å²) in [5, 5.41) is 6.52. The number of nitrogens with one attached hydrogen (secondary N) is 3. The van der Waals surface area contributed by atoms with Gasteiger partial charge in [-0.3, -0.25) is 10.6 Å². The van der Waals surface area contributed by atoms with Gasteiger partial charge in [-0.05, 0) is 0 Å². The average molecular weight is 315 g/mol. The van der Waals surface area contributed by atoms with Crippen molar-refractivity contribution in [3.8, 4) is 0 Å². The third-order valence-electron chi connectivity index (χ3n) is 2.77. The maximum atomic E-state index is 13.5. The van der Waals surface area contributed by atoms with E-state index in [2.05, 4.69) is 5.32 Å². The fraction of sp³-hybridized carbons (Fsp3) is 1.00. The quantitative estimate of drug-likeness (QED) is 0.684. The molecule has 1 rings (SSSR count). The number of halogens is 8. The maximum Gasteiger partial charge on any atom is 0.380 e. The highest BCUT2D eigenvalue weighted by atomic mass is 19.4. The average Bonchev–Trinajstić information content (AvgIpc) is 2.26. The van der Waals surface area contributed by atoms with Gasteiger partial charge in [0.2, 0.25) is 0 Å². The Morgan fingerprint density at radius 2 is 1.25 bits per heavy atom. The van der Waals surface area contributed by atoms with Gasteiger partial charge >= 0.3 is 24.2 Å². The number of hydrogen-bond donors (Lipinski definition) is 3. The molecule has 0 unspecified atom stereocenters.